The minimum absolute atomic E-state index is 0.0996. The largest absolute Gasteiger partial charge is 0.354 e. The first-order chi connectivity index (χ1) is 11.6. The highest BCUT2D eigenvalue weighted by atomic mass is 19.1. The van der Waals surface area contributed by atoms with E-state index >= 15 is 0 Å². The molecule has 2 aromatic carbocycles. The zero-order valence-corrected chi connectivity index (χ0v) is 13.7. The van der Waals surface area contributed by atoms with Gasteiger partial charge in [0.2, 0.25) is 5.91 Å². The van der Waals surface area contributed by atoms with Crippen LogP contribution in [0.1, 0.15) is 43.2 Å². The van der Waals surface area contributed by atoms with Crippen LogP contribution in [0.25, 0.3) is 0 Å². The van der Waals surface area contributed by atoms with Gasteiger partial charge in [-0.25, -0.2) is 4.39 Å². The normalized spacial score (nSPS) is 20.0. The Labute approximate surface area is 142 Å². The Morgan fingerprint density at radius 2 is 1.58 bits per heavy atom. The number of carbonyl (C=O) groups is 1. The Kier molecular flexibility index (Phi) is 3.67. The summed E-state index contributed by atoms with van der Waals surface area (Å²) in [7, 11) is 0. The summed E-state index contributed by atoms with van der Waals surface area (Å²) >= 11 is 0. The smallest absolute Gasteiger partial charge is 0.230 e. The molecule has 0 radical (unpaired) electrons. The van der Waals surface area contributed by atoms with Gasteiger partial charge in [0.15, 0.2) is 0 Å². The minimum atomic E-state index is -0.458. The van der Waals surface area contributed by atoms with Crippen LogP contribution in [-0.4, -0.2) is 12.5 Å². The summed E-state index contributed by atoms with van der Waals surface area (Å²) in [6.45, 7) is 0.693. The van der Waals surface area contributed by atoms with Crippen molar-refractivity contribution in [2.45, 2.75) is 42.9 Å². The number of carbonyl (C=O) groups excluding carboxylic acids is 1. The Bertz CT molecular complexity index is 730. The third-order valence-corrected chi connectivity index (χ3v) is 5.87. The zero-order valence-electron chi connectivity index (χ0n) is 13.7. The highest BCUT2D eigenvalue weighted by Gasteiger charge is 2.48. The Morgan fingerprint density at radius 3 is 2.12 bits per heavy atom. The van der Waals surface area contributed by atoms with Crippen LogP contribution in [0.2, 0.25) is 0 Å². The summed E-state index contributed by atoms with van der Waals surface area (Å²) in [5.74, 6) is -0.155. The van der Waals surface area contributed by atoms with E-state index in [9.17, 15) is 9.18 Å². The highest BCUT2D eigenvalue weighted by Crippen LogP contribution is 2.48. The fourth-order valence-electron chi connectivity index (χ4n) is 3.87. The zero-order chi connectivity index (χ0) is 16.6. The standard InChI is InChI=1S/C21H22FNO/c22-18-9-7-17(8-10-18)21(11-4-12-21)19(24)23-15-20(13-14-20)16-5-2-1-3-6-16/h1-3,5-10H,4,11-15H2,(H,23,24). The van der Waals surface area contributed by atoms with Crippen molar-refractivity contribution >= 4 is 5.91 Å². The van der Waals surface area contributed by atoms with Crippen LogP contribution in [0.5, 0.6) is 0 Å². The summed E-state index contributed by atoms with van der Waals surface area (Å²) < 4.78 is 13.2. The molecule has 2 aliphatic rings. The van der Waals surface area contributed by atoms with Gasteiger partial charge < -0.3 is 5.32 Å². The average molecular weight is 323 g/mol. The van der Waals surface area contributed by atoms with E-state index in [1.807, 2.05) is 6.07 Å². The monoisotopic (exact) mass is 323 g/mol. The van der Waals surface area contributed by atoms with Crippen LogP contribution in [0.15, 0.2) is 54.6 Å². The second-order valence-electron chi connectivity index (χ2n) is 7.27. The maximum atomic E-state index is 13.2. The molecule has 0 saturated heterocycles. The van der Waals surface area contributed by atoms with Gasteiger partial charge in [0.25, 0.3) is 0 Å². The SMILES string of the molecule is O=C(NCC1(c2ccccc2)CC1)C1(c2ccc(F)cc2)CCC1. The van der Waals surface area contributed by atoms with Crippen molar-refractivity contribution in [3.05, 3.63) is 71.5 Å². The molecule has 0 heterocycles. The second-order valence-corrected chi connectivity index (χ2v) is 7.27. The summed E-state index contributed by atoms with van der Waals surface area (Å²) in [5.41, 5.74) is 1.91. The molecule has 0 unspecified atom stereocenters. The van der Waals surface area contributed by atoms with E-state index in [4.69, 9.17) is 0 Å². The van der Waals surface area contributed by atoms with Crippen molar-refractivity contribution in [1.29, 1.82) is 0 Å². The number of amides is 1. The third kappa shape index (κ3) is 2.52. The molecule has 124 valence electrons. The van der Waals surface area contributed by atoms with E-state index in [1.54, 1.807) is 12.1 Å². The maximum absolute atomic E-state index is 13.2. The van der Waals surface area contributed by atoms with E-state index in [-0.39, 0.29) is 17.1 Å². The molecular formula is C21H22FNO. The number of rotatable bonds is 5. The van der Waals surface area contributed by atoms with Gasteiger partial charge in [-0.05, 0) is 48.9 Å². The molecule has 4 rings (SSSR count). The third-order valence-electron chi connectivity index (χ3n) is 5.87. The number of halogens is 1. The van der Waals surface area contributed by atoms with Gasteiger partial charge in [0, 0.05) is 12.0 Å². The molecular weight excluding hydrogens is 301 g/mol. The van der Waals surface area contributed by atoms with Crippen LogP contribution < -0.4 is 5.32 Å². The van der Waals surface area contributed by atoms with E-state index in [2.05, 4.69) is 29.6 Å². The lowest BCUT2D eigenvalue weighted by Crippen LogP contribution is -2.50. The Hall–Kier alpha value is -2.16. The maximum Gasteiger partial charge on any atom is 0.230 e. The fourth-order valence-corrected chi connectivity index (χ4v) is 3.87. The molecule has 0 aromatic heterocycles. The molecule has 0 aliphatic heterocycles. The molecule has 1 N–H and O–H groups in total. The predicted octanol–water partition coefficient (Wildman–Crippen LogP) is 4.10. The van der Waals surface area contributed by atoms with Crippen molar-refractivity contribution < 1.29 is 9.18 Å². The van der Waals surface area contributed by atoms with Gasteiger partial charge in [0.1, 0.15) is 5.82 Å². The molecule has 3 heteroatoms. The van der Waals surface area contributed by atoms with E-state index in [0.717, 1.165) is 37.7 Å². The lowest BCUT2D eigenvalue weighted by Gasteiger charge is -2.41. The predicted molar refractivity (Wildman–Crippen MR) is 92.3 cm³/mol. The minimum Gasteiger partial charge on any atom is -0.354 e. The molecule has 2 aliphatic carbocycles. The molecule has 1 amide bonds. The van der Waals surface area contributed by atoms with Gasteiger partial charge >= 0.3 is 0 Å². The Morgan fingerprint density at radius 1 is 0.917 bits per heavy atom. The van der Waals surface area contributed by atoms with Crippen molar-refractivity contribution in [2.24, 2.45) is 0 Å². The molecule has 2 aromatic rings. The van der Waals surface area contributed by atoms with Gasteiger partial charge in [-0.1, -0.05) is 48.9 Å². The summed E-state index contributed by atoms with van der Waals surface area (Å²) in [5, 5.41) is 3.21. The molecule has 0 bridgehead atoms. The molecule has 2 fully saturated rings. The lowest BCUT2D eigenvalue weighted by atomic mass is 9.63. The van der Waals surface area contributed by atoms with Crippen molar-refractivity contribution in [2.75, 3.05) is 6.54 Å². The number of hydrogen-bond acceptors (Lipinski definition) is 1. The van der Waals surface area contributed by atoms with Gasteiger partial charge in [-0.15, -0.1) is 0 Å². The van der Waals surface area contributed by atoms with Crippen molar-refractivity contribution in [3.8, 4) is 0 Å². The summed E-state index contributed by atoms with van der Waals surface area (Å²) in [6, 6.07) is 16.9. The molecule has 2 saturated carbocycles. The number of hydrogen-bond donors (Lipinski definition) is 1. The lowest BCUT2D eigenvalue weighted by molar-refractivity contribution is -0.130. The molecule has 24 heavy (non-hydrogen) atoms. The molecule has 2 nitrogen and oxygen atoms in total. The molecule has 0 atom stereocenters. The van der Waals surface area contributed by atoms with Crippen molar-refractivity contribution in [3.63, 3.8) is 0 Å². The van der Waals surface area contributed by atoms with Crippen LogP contribution >= 0.6 is 0 Å². The first-order valence-electron chi connectivity index (χ1n) is 8.75. The summed E-state index contributed by atoms with van der Waals surface area (Å²) in [4.78, 5) is 12.9. The fraction of sp³-hybridized carbons (Fsp3) is 0.381. The van der Waals surface area contributed by atoms with E-state index in [0.29, 0.717) is 6.54 Å². The van der Waals surface area contributed by atoms with Crippen LogP contribution in [0, 0.1) is 5.82 Å². The number of benzene rings is 2. The second kappa shape index (κ2) is 5.73. The van der Waals surface area contributed by atoms with Gasteiger partial charge in [-0.2, -0.15) is 0 Å². The highest BCUT2D eigenvalue weighted by molar-refractivity contribution is 5.89. The van der Waals surface area contributed by atoms with Gasteiger partial charge in [-0.3, -0.25) is 4.79 Å². The van der Waals surface area contributed by atoms with Gasteiger partial charge in [0.05, 0.1) is 5.41 Å². The number of nitrogens with one attached hydrogen (secondary N) is 1. The van der Waals surface area contributed by atoms with Crippen LogP contribution in [0.3, 0.4) is 0 Å². The van der Waals surface area contributed by atoms with Crippen LogP contribution in [-0.2, 0) is 15.6 Å². The Balaban J connectivity index is 1.48. The molecule has 0 spiro atoms. The van der Waals surface area contributed by atoms with E-state index < -0.39 is 5.41 Å². The average Bonchev–Trinajstić information content (AvgIpc) is 3.36. The van der Waals surface area contributed by atoms with Crippen LogP contribution in [0.4, 0.5) is 4.39 Å². The van der Waals surface area contributed by atoms with E-state index in [1.165, 1.54) is 17.7 Å². The van der Waals surface area contributed by atoms with Crippen molar-refractivity contribution in [1.82, 2.24) is 5.32 Å². The quantitative estimate of drug-likeness (QED) is 0.882. The summed E-state index contributed by atoms with van der Waals surface area (Å²) in [6.07, 6.45) is 5.00. The topological polar surface area (TPSA) is 29.1 Å². The first kappa shape index (κ1) is 15.4. The first-order valence-corrected chi connectivity index (χ1v) is 8.75.